The molecule has 0 aliphatic carbocycles. The van der Waals surface area contributed by atoms with Gasteiger partial charge in [-0.3, -0.25) is 0 Å². The van der Waals surface area contributed by atoms with Gasteiger partial charge in [0.25, 0.3) is 0 Å². The van der Waals surface area contributed by atoms with E-state index in [1.54, 1.807) is 0 Å². The van der Waals surface area contributed by atoms with E-state index in [9.17, 15) is 0 Å². The lowest BCUT2D eigenvalue weighted by Gasteiger charge is -2.08. The Kier molecular flexibility index (Phi) is 3.97. The second kappa shape index (κ2) is 6.22. The molecule has 0 amide bonds. The summed E-state index contributed by atoms with van der Waals surface area (Å²) in [6, 6.07) is 20.2. The standard InChI is InChI=1S/C19H17N3/c1-3-14-22-19(17-12-8-5-9-13-17)18(20-21-22)15(2)16-10-6-4-7-11-16/h3-13H,1-2,14H2. The topological polar surface area (TPSA) is 30.7 Å². The van der Waals surface area contributed by atoms with Crippen LogP contribution >= 0.6 is 0 Å². The molecule has 22 heavy (non-hydrogen) atoms. The number of benzene rings is 2. The Hall–Kier alpha value is -2.94. The molecule has 1 heterocycles. The van der Waals surface area contributed by atoms with Crippen molar-refractivity contribution in [2.45, 2.75) is 6.54 Å². The van der Waals surface area contributed by atoms with E-state index in [4.69, 9.17) is 0 Å². The molecular formula is C19H17N3. The molecule has 3 heteroatoms. The lowest BCUT2D eigenvalue weighted by molar-refractivity contribution is 0.668. The van der Waals surface area contributed by atoms with Gasteiger partial charge in [-0.05, 0) is 5.56 Å². The minimum absolute atomic E-state index is 0.610. The molecule has 0 saturated heterocycles. The fourth-order valence-corrected chi connectivity index (χ4v) is 2.42. The number of rotatable bonds is 5. The minimum atomic E-state index is 0.610. The first-order valence-corrected chi connectivity index (χ1v) is 7.15. The molecule has 0 bridgehead atoms. The molecule has 0 fully saturated rings. The van der Waals surface area contributed by atoms with Crippen molar-refractivity contribution < 1.29 is 0 Å². The monoisotopic (exact) mass is 287 g/mol. The fraction of sp³-hybridized carbons (Fsp3) is 0.0526. The summed E-state index contributed by atoms with van der Waals surface area (Å²) < 4.78 is 1.85. The third-order valence-electron chi connectivity index (χ3n) is 3.49. The molecule has 0 spiro atoms. The molecule has 3 aromatic rings. The normalized spacial score (nSPS) is 10.4. The van der Waals surface area contributed by atoms with E-state index in [1.807, 2.05) is 59.3 Å². The molecule has 2 aromatic carbocycles. The van der Waals surface area contributed by atoms with Gasteiger partial charge in [0.05, 0.1) is 12.2 Å². The Bertz CT molecular complexity index is 786. The van der Waals surface area contributed by atoms with Crippen LogP contribution in [0.4, 0.5) is 0 Å². The quantitative estimate of drug-likeness (QED) is 0.659. The number of hydrogen-bond acceptors (Lipinski definition) is 2. The Labute approximate surface area is 130 Å². The van der Waals surface area contributed by atoms with Crippen LogP contribution in [0.15, 0.2) is 79.9 Å². The molecule has 1 aromatic heterocycles. The number of aromatic nitrogens is 3. The van der Waals surface area contributed by atoms with Crippen LogP contribution < -0.4 is 0 Å². The molecule has 0 radical (unpaired) electrons. The first-order chi connectivity index (χ1) is 10.8. The highest BCUT2D eigenvalue weighted by atomic mass is 15.4. The van der Waals surface area contributed by atoms with Gasteiger partial charge in [0.2, 0.25) is 0 Å². The highest BCUT2D eigenvalue weighted by Gasteiger charge is 2.17. The Morgan fingerprint density at radius 2 is 1.64 bits per heavy atom. The van der Waals surface area contributed by atoms with Crippen molar-refractivity contribution in [2.75, 3.05) is 0 Å². The molecule has 3 nitrogen and oxygen atoms in total. The summed E-state index contributed by atoms with van der Waals surface area (Å²) in [4.78, 5) is 0. The Balaban J connectivity index is 2.13. The maximum absolute atomic E-state index is 4.35. The van der Waals surface area contributed by atoms with Gasteiger partial charge in [-0.25, -0.2) is 4.68 Å². The molecular weight excluding hydrogens is 270 g/mol. The maximum Gasteiger partial charge on any atom is 0.121 e. The first-order valence-electron chi connectivity index (χ1n) is 7.15. The predicted octanol–water partition coefficient (Wildman–Crippen LogP) is 4.19. The van der Waals surface area contributed by atoms with Crippen molar-refractivity contribution in [3.8, 4) is 11.3 Å². The fourth-order valence-electron chi connectivity index (χ4n) is 2.42. The van der Waals surface area contributed by atoms with Crippen LogP contribution in [0.5, 0.6) is 0 Å². The lowest BCUT2D eigenvalue weighted by Crippen LogP contribution is -2.01. The van der Waals surface area contributed by atoms with Crippen molar-refractivity contribution in [1.82, 2.24) is 15.0 Å². The van der Waals surface area contributed by atoms with E-state index in [2.05, 4.69) is 35.6 Å². The minimum Gasteiger partial charge on any atom is -0.240 e. The van der Waals surface area contributed by atoms with E-state index in [1.165, 1.54) is 0 Å². The van der Waals surface area contributed by atoms with Gasteiger partial charge < -0.3 is 0 Å². The molecule has 0 saturated carbocycles. The van der Waals surface area contributed by atoms with Crippen LogP contribution in [-0.2, 0) is 6.54 Å². The number of allylic oxidation sites excluding steroid dienone is 1. The maximum atomic E-state index is 4.35. The van der Waals surface area contributed by atoms with E-state index in [0.717, 1.165) is 28.1 Å². The third-order valence-corrected chi connectivity index (χ3v) is 3.49. The summed E-state index contributed by atoms with van der Waals surface area (Å²) in [7, 11) is 0. The van der Waals surface area contributed by atoms with Crippen LogP contribution in [0.1, 0.15) is 11.3 Å². The second-order valence-corrected chi connectivity index (χ2v) is 4.97. The highest BCUT2D eigenvalue weighted by Crippen LogP contribution is 2.29. The molecule has 0 atom stereocenters. The highest BCUT2D eigenvalue weighted by molar-refractivity contribution is 5.84. The lowest BCUT2D eigenvalue weighted by atomic mass is 10.00. The Morgan fingerprint density at radius 1 is 1.00 bits per heavy atom. The van der Waals surface area contributed by atoms with Crippen molar-refractivity contribution >= 4 is 5.57 Å². The molecule has 0 N–H and O–H groups in total. The average Bonchev–Trinajstić information content (AvgIpc) is 3.00. The summed E-state index contributed by atoms with van der Waals surface area (Å²) in [5.74, 6) is 0. The predicted molar refractivity (Wildman–Crippen MR) is 90.2 cm³/mol. The molecule has 0 aliphatic heterocycles. The Morgan fingerprint density at radius 3 is 2.27 bits per heavy atom. The average molecular weight is 287 g/mol. The van der Waals surface area contributed by atoms with Gasteiger partial charge in [-0.1, -0.05) is 78.5 Å². The van der Waals surface area contributed by atoms with Crippen molar-refractivity contribution in [2.24, 2.45) is 0 Å². The van der Waals surface area contributed by atoms with E-state index < -0.39 is 0 Å². The molecule has 3 rings (SSSR count). The van der Waals surface area contributed by atoms with Crippen LogP contribution in [0.25, 0.3) is 16.8 Å². The number of hydrogen-bond donors (Lipinski definition) is 0. The van der Waals surface area contributed by atoms with Gasteiger partial charge in [0, 0.05) is 11.1 Å². The third kappa shape index (κ3) is 2.61. The first kappa shape index (κ1) is 14.0. The van der Waals surface area contributed by atoms with Gasteiger partial charge in [-0.15, -0.1) is 11.7 Å². The molecule has 0 aliphatic rings. The SMILES string of the molecule is C=CCn1nnc(C(=C)c2ccccc2)c1-c1ccccc1. The number of nitrogens with zero attached hydrogens (tertiary/aromatic N) is 3. The molecule has 0 unspecified atom stereocenters. The van der Waals surface area contributed by atoms with E-state index in [0.29, 0.717) is 6.54 Å². The van der Waals surface area contributed by atoms with Crippen LogP contribution in [-0.4, -0.2) is 15.0 Å². The zero-order valence-corrected chi connectivity index (χ0v) is 12.3. The second-order valence-electron chi connectivity index (χ2n) is 4.97. The van der Waals surface area contributed by atoms with E-state index >= 15 is 0 Å². The van der Waals surface area contributed by atoms with Crippen molar-refractivity contribution in [3.63, 3.8) is 0 Å². The summed E-state index contributed by atoms with van der Waals surface area (Å²) >= 11 is 0. The van der Waals surface area contributed by atoms with Gasteiger partial charge in [0.1, 0.15) is 5.69 Å². The smallest absolute Gasteiger partial charge is 0.121 e. The molecule has 108 valence electrons. The summed E-state index contributed by atoms with van der Waals surface area (Å²) in [6.07, 6.45) is 1.82. The van der Waals surface area contributed by atoms with Crippen molar-refractivity contribution in [1.29, 1.82) is 0 Å². The van der Waals surface area contributed by atoms with Gasteiger partial charge in [0.15, 0.2) is 0 Å². The summed E-state index contributed by atoms with van der Waals surface area (Å²) in [6.45, 7) is 8.62. The summed E-state index contributed by atoms with van der Waals surface area (Å²) in [5, 5.41) is 8.62. The van der Waals surface area contributed by atoms with Crippen LogP contribution in [0.2, 0.25) is 0 Å². The van der Waals surface area contributed by atoms with Crippen molar-refractivity contribution in [3.05, 3.63) is 91.2 Å². The van der Waals surface area contributed by atoms with Crippen LogP contribution in [0, 0.1) is 0 Å². The largest absolute Gasteiger partial charge is 0.240 e. The zero-order valence-electron chi connectivity index (χ0n) is 12.3. The van der Waals surface area contributed by atoms with Gasteiger partial charge >= 0.3 is 0 Å². The zero-order chi connectivity index (χ0) is 15.4. The summed E-state index contributed by atoms with van der Waals surface area (Å²) in [5.41, 5.74) is 4.76. The van der Waals surface area contributed by atoms with Gasteiger partial charge in [-0.2, -0.15) is 0 Å². The van der Waals surface area contributed by atoms with Crippen LogP contribution in [0.3, 0.4) is 0 Å². The van der Waals surface area contributed by atoms with E-state index in [-0.39, 0.29) is 0 Å².